The highest BCUT2D eigenvalue weighted by Gasteiger charge is 2.24. The molecule has 0 spiro atoms. The van der Waals surface area contributed by atoms with Gasteiger partial charge in [-0.2, -0.15) is 0 Å². The summed E-state index contributed by atoms with van der Waals surface area (Å²) in [5, 5.41) is 11.6. The second-order valence-corrected chi connectivity index (χ2v) is 6.40. The van der Waals surface area contributed by atoms with E-state index >= 15 is 0 Å². The van der Waals surface area contributed by atoms with E-state index in [4.69, 9.17) is 5.11 Å². The number of hydrogen-bond acceptors (Lipinski definition) is 2. The van der Waals surface area contributed by atoms with E-state index in [1.165, 1.54) is 21.2 Å². The highest BCUT2D eigenvalue weighted by molar-refractivity contribution is 5.82. The van der Waals surface area contributed by atoms with E-state index in [1.54, 1.807) is 7.05 Å². The Morgan fingerprint density at radius 3 is 2.57 bits per heavy atom. The summed E-state index contributed by atoms with van der Waals surface area (Å²) in [7, 11) is 1.68. The molecule has 2 aromatic carbocycles. The molecule has 0 aromatic heterocycles. The van der Waals surface area contributed by atoms with Gasteiger partial charge in [0.05, 0.1) is 0 Å². The molecule has 4 heteroatoms. The zero-order chi connectivity index (χ0) is 16.2. The molecule has 2 aromatic rings. The van der Waals surface area contributed by atoms with Crippen LogP contribution >= 0.6 is 0 Å². The maximum atomic E-state index is 11.0. The molecule has 4 nitrogen and oxygen atoms in total. The lowest BCUT2D eigenvalue weighted by Crippen LogP contribution is -2.45. The highest BCUT2D eigenvalue weighted by Crippen LogP contribution is 2.18. The van der Waals surface area contributed by atoms with Gasteiger partial charge in [0.25, 0.3) is 0 Å². The fourth-order valence-electron chi connectivity index (χ4n) is 3.37. The van der Waals surface area contributed by atoms with Crippen LogP contribution in [0.15, 0.2) is 42.5 Å². The molecule has 1 saturated heterocycles. The molecule has 0 bridgehead atoms. The van der Waals surface area contributed by atoms with Gasteiger partial charge < -0.3 is 14.9 Å². The number of carboxylic acid groups (broad SMARTS) is 1. The lowest BCUT2D eigenvalue weighted by atomic mass is 10.0. The van der Waals surface area contributed by atoms with Crippen molar-refractivity contribution in [3.05, 3.63) is 48.0 Å². The molecule has 1 aliphatic heterocycles. The molecule has 0 unspecified atom stereocenters. The third-order valence-corrected chi connectivity index (χ3v) is 4.94. The van der Waals surface area contributed by atoms with Crippen molar-refractivity contribution in [2.75, 3.05) is 26.7 Å². The quantitative estimate of drug-likeness (QED) is 0.940. The maximum absolute atomic E-state index is 11.0. The second kappa shape index (κ2) is 7.01. The molecule has 1 heterocycles. The first-order valence-electron chi connectivity index (χ1n) is 8.29. The van der Waals surface area contributed by atoms with Crippen molar-refractivity contribution < 1.29 is 9.90 Å². The van der Waals surface area contributed by atoms with E-state index in [0.29, 0.717) is 0 Å². The molecule has 0 atom stereocenters. The smallest absolute Gasteiger partial charge is 0.407 e. The third-order valence-electron chi connectivity index (χ3n) is 4.94. The van der Waals surface area contributed by atoms with Gasteiger partial charge in [-0.05, 0) is 35.6 Å². The predicted octanol–water partition coefficient (Wildman–Crippen LogP) is 3.46. The molecule has 1 N–H and O–H groups in total. The molecule has 0 radical (unpaired) electrons. The average Bonchev–Trinajstić information content (AvgIpc) is 2.59. The monoisotopic (exact) mass is 312 g/mol. The number of rotatable bonds is 4. The normalized spacial score (nSPS) is 16.6. The minimum Gasteiger partial charge on any atom is -0.465 e. The van der Waals surface area contributed by atoms with Crippen LogP contribution in [0.5, 0.6) is 0 Å². The predicted molar refractivity (Wildman–Crippen MR) is 92.9 cm³/mol. The Morgan fingerprint density at radius 2 is 1.87 bits per heavy atom. The molecular formula is C19H24N2O2. The van der Waals surface area contributed by atoms with Crippen LogP contribution in [0.2, 0.25) is 0 Å². The Labute approximate surface area is 137 Å². The molecule has 1 amide bonds. The van der Waals surface area contributed by atoms with Crippen molar-refractivity contribution in [1.82, 2.24) is 9.80 Å². The number of carbonyl (C=O) groups is 1. The zero-order valence-corrected chi connectivity index (χ0v) is 13.6. The third kappa shape index (κ3) is 3.82. The first kappa shape index (κ1) is 15.8. The van der Waals surface area contributed by atoms with Crippen LogP contribution in [0.1, 0.15) is 18.4 Å². The van der Waals surface area contributed by atoms with E-state index in [1.807, 2.05) is 0 Å². The van der Waals surface area contributed by atoms with Crippen molar-refractivity contribution in [3.63, 3.8) is 0 Å². The van der Waals surface area contributed by atoms with Gasteiger partial charge in [-0.15, -0.1) is 0 Å². The SMILES string of the molecule is CN(C(=O)O)C1CCN(CCc2ccc3ccccc3c2)CC1. The minimum atomic E-state index is -0.820. The van der Waals surface area contributed by atoms with Crippen LogP contribution in [0.25, 0.3) is 10.8 Å². The zero-order valence-electron chi connectivity index (χ0n) is 13.6. The van der Waals surface area contributed by atoms with Crippen molar-refractivity contribution in [1.29, 1.82) is 0 Å². The van der Waals surface area contributed by atoms with Gasteiger partial charge in [0, 0.05) is 32.7 Å². The van der Waals surface area contributed by atoms with Gasteiger partial charge in [0.2, 0.25) is 0 Å². The Morgan fingerprint density at radius 1 is 1.17 bits per heavy atom. The lowest BCUT2D eigenvalue weighted by Gasteiger charge is -2.35. The fraction of sp³-hybridized carbons (Fsp3) is 0.421. The summed E-state index contributed by atoms with van der Waals surface area (Å²) in [5.41, 5.74) is 1.37. The number of likely N-dealkylation sites (tertiary alicyclic amines) is 1. The van der Waals surface area contributed by atoms with Gasteiger partial charge in [-0.1, -0.05) is 42.5 Å². The Kier molecular flexibility index (Phi) is 4.82. The molecule has 0 saturated carbocycles. The molecule has 1 aliphatic rings. The second-order valence-electron chi connectivity index (χ2n) is 6.40. The minimum absolute atomic E-state index is 0.171. The number of fused-ring (bicyclic) bond motifs is 1. The van der Waals surface area contributed by atoms with E-state index < -0.39 is 6.09 Å². The van der Waals surface area contributed by atoms with Crippen LogP contribution < -0.4 is 0 Å². The van der Waals surface area contributed by atoms with Crippen molar-refractivity contribution in [3.8, 4) is 0 Å². The maximum Gasteiger partial charge on any atom is 0.407 e. The molecule has 1 fully saturated rings. The number of hydrogen-bond donors (Lipinski definition) is 1. The molecule has 3 rings (SSSR count). The Bertz CT molecular complexity index is 678. The number of benzene rings is 2. The topological polar surface area (TPSA) is 43.8 Å². The molecule has 0 aliphatic carbocycles. The standard InChI is InChI=1S/C19H24N2O2/c1-20(19(22)23)18-9-12-21(13-10-18)11-8-15-6-7-16-4-2-3-5-17(16)14-15/h2-7,14,18H,8-13H2,1H3,(H,22,23). The first-order chi connectivity index (χ1) is 11.1. The van der Waals surface area contributed by atoms with Gasteiger partial charge in [-0.3, -0.25) is 0 Å². The summed E-state index contributed by atoms with van der Waals surface area (Å²) in [5.74, 6) is 0. The van der Waals surface area contributed by atoms with Crippen LogP contribution in [0.4, 0.5) is 4.79 Å². The van der Waals surface area contributed by atoms with Crippen LogP contribution in [-0.2, 0) is 6.42 Å². The van der Waals surface area contributed by atoms with Crippen LogP contribution in [0, 0.1) is 0 Å². The van der Waals surface area contributed by atoms with Crippen LogP contribution in [0.3, 0.4) is 0 Å². The Hall–Kier alpha value is -2.07. The first-order valence-corrected chi connectivity index (χ1v) is 8.29. The van der Waals surface area contributed by atoms with Crippen molar-refractivity contribution in [2.45, 2.75) is 25.3 Å². The number of amides is 1. The lowest BCUT2D eigenvalue weighted by molar-refractivity contribution is 0.105. The van der Waals surface area contributed by atoms with Gasteiger partial charge in [0.15, 0.2) is 0 Å². The van der Waals surface area contributed by atoms with E-state index in [9.17, 15) is 4.79 Å². The number of piperidine rings is 1. The van der Waals surface area contributed by atoms with Crippen molar-refractivity contribution >= 4 is 16.9 Å². The number of nitrogens with zero attached hydrogens (tertiary/aromatic N) is 2. The summed E-state index contributed by atoms with van der Waals surface area (Å²) in [6.07, 6.45) is 2.09. The van der Waals surface area contributed by atoms with Gasteiger partial charge in [-0.25, -0.2) is 4.79 Å². The molecule has 122 valence electrons. The van der Waals surface area contributed by atoms with E-state index in [0.717, 1.165) is 38.9 Å². The average molecular weight is 312 g/mol. The summed E-state index contributed by atoms with van der Waals surface area (Å²) in [6, 6.07) is 15.3. The molecular weight excluding hydrogens is 288 g/mol. The Balaban J connectivity index is 1.52. The van der Waals surface area contributed by atoms with E-state index in [2.05, 4.69) is 47.4 Å². The summed E-state index contributed by atoms with van der Waals surface area (Å²) in [4.78, 5) is 14.9. The van der Waals surface area contributed by atoms with Crippen LogP contribution in [-0.4, -0.2) is 53.7 Å². The summed E-state index contributed by atoms with van der Waals surface area (Å²) >= 11 is 0. The summed E-state index contributed by atoms with van der Waals surface area (Å²) in [6.45, 7) is 3.01. The highest BCUT2D eigenvalue weighted by atomic mass is 16.4. The largest absolute Gasteiger partial charge is 0.465 e. The fourth-order valence-corrected chi connectivity index (χ4v) is 3.37. The van der Waals surface area contributed by atoms with Gasteiger partial charge in [0.1, 0.15) is 0 Å². The van der Waals surface area contributed by atoms with Crippen molar-refractivity contribution in [2.24, 2.45) is 0 Å². The molecule has 23 heavy (non-hydrogen) atoms. The van der Waals surface area contributed by atoms with Gasteiger partial charge >= 0.3 is 6.09 Å². The summed E-state index contributed by atoms with van der Waals surface area (Å²) < 4.78 is 0. The van der Waals surface area contributed by atoms with E-state index in [-0.39, 0.29) is 6.04 Å².